The number of hydrazone groups is 1. The summed E-state index contributed by atoms with van der Waals surface area (Å²) in [6.45, 7) is 4.05. The summed E-state index contributed by atoms with van der Waals surface area (Å²) in [5.41, 5.74) is 3.98. The molecule has 2 heterocycles. The second-order valence-corrected chi connectivity index (χ2v) is 9.25. The number of hydrogen-bond acceptors (Lipinski definition) is 4. The monoisotopic (exact) mass is 415 g/mol. The lowest BCUT2D eigenvalue weighted by Crippen LogP contribution is -2.40. The van der Waals surface area contributed by atoms with E-state index in [4.69, 9.17) is 4.74 Å². The first-order chi connectivity index (χ1) is 15.0. The zero-order chi connectivity index (χ0) is 21.4. The molecular weight excluding hydrogens is 390 g/mol. The Labute approximate surface area is 181 Å². The number of nitrogens with zero attached hydrogens (tertiary/aromatic N) is 3. The normalized spacial score (nSPS) is 32.7. The van der Waals surface area contributed by atoms with Gasteiger partial charge < -0.3 is 9.30 Å². The second kappa shape index (κ2) is 6.42. The van der Waals surface area contributed by atoms with E-state index in [1.54, 1.807) is 13.3 Å². The van der Waals surface area contributed by atoms with E-state index in [0.717, 1.165) is 39.8 Å². The Morgan fingerprint density at radius 2 is 1.61 bits per heavy atom. The number of benzene rings is 1. The highest BCUT2D eigenvalue weighted by molar-refractivity contribution is 6.06. The van der Waals surface area contributed by atoms with Gasteiger partial charge in [-0.2, -0.15) is 10.1 Å². The maximum atomic E-state index is 13.1. The van der Waals surface area contributed by atoms with Crippen molar-refractivity contribution >= 4 is 18.0 Å². The first-order valence-corrected chi connectivity index (χ1v) is 10.9. The molecule has 31 heavy (non-hydrogen) atoms. The minimum absolute atomic E-state index is 0.125. The predicted octanol–water partition coefficient (Wildman–Crippen LogP) is 3.49. The molecule has 1 saturated heterocycles. The van der Waals surface area contributed by atoms with E-state index in [1.807, 2.05) is 44.2 Å². The van der Waals surface area contributed by atoms with Crippen LogP contribution >= 0.6 is 0 Å². The van der Waals surface area contributed by atoms with Crippen LogP contribution < -0.4 is 4.74 Å². The van der Waals surface area contributed by atoms with E-state index < -0.39 is 0 Å². The summed E-state index contributed by atoms with van der Waals surface area (Å²) in [6.07, 6.45) is 7.18. The Morgan fingerprint density at radius 1 is 1.00 bits per heavy atom. The molecule has 0 N–H and O–H groups in total. The number of rotatable bonds is 4. The highest BCUT2D eigenvalue weighted by atomic mass is 16.5. The van der Waals surface area contributed by atoms with Gasteiger partial charge in [-0.3, -0.25) is 9.59 Å². The molecular formula is C25H25N3O3. The molecule has 2 bridgehead atoms. The highest BCUT2D eigenvalue weighted by Gasteiger charge is 2.67. The molecule has 2 saturated carbocycles. The van der Waals surface area contributed by atoms with Crippen molar-refractivity contribution in [3.8, 4) is 11.4 Å². The van der Waals surface area contributed by atoms with Gasteiger partial charge in [0.1, 0.15) is 5.75 Å². The number of aryl methyl sites for hydroxylation is 1. The molecule has 6 heteroatoms. The molecule has 1 aromatic carbocycles. The second-order valence-electron chi connectivity index (χ2n) is 9.25. The lowest BCUT2D eigenvalue weighted by atomic mass is 9.63. The van der Waals surface area contributed by atoms with Gasteiger partial charge >= 0.3 is 0 Å². The number of amides is 2. The van der Waals surface area contributed by atoms with Crippen LogP contribution in [0.2, 0.25) is 0 Å². The van der Waals surface area contributed by atoms with Gasteiger partial charge in [-0.1, -0.05) is 12.2 Å². The summed E-state index contributed by atoms with van der Waals surface area (Å²) >= 11 is 0. The zero-order valence-corrected chi connectivity index (χ0v) is 17.9. The average Bonchev–Trinajstić information content (AvgIpc) is 3.50. The number of hydrogen-bond donors (Lipinski definition) is 0. The van der Waals surface area contributed by atoms with Gasteiger partial charge in [0.05, 0.1) is 25.2 Å². The smallest absolute Gasteiger partial charge is 0.254 e. The Hall–Kier alpha value is -3.15. The maximum absolute atomic E-state index is 13.1. The molecule has 2 aromatic rings. The fourth-order valence-corrected chi connectivity index (χ4v) is 6.22. The van der Waals surface area contributed by atoms with Crippen molar-refractivity contribution in [3.63, 3.8) is 0 Å². The van der Waals surface area contributed by atoms with Crippen LogP contribution in [0.3, 0.4) is 0 Å². The van der Waals surface area contributed by atoms with Crippen molar-refractivity contribution in [1.29, 1.82) is 0 Å². The molecule has 1 aromatic heterocycles. The van der Waals surface area contributed by atoms with Gasteiger partial charge in [0, 0.05) is 22.6 Å². The standard InChI is InChI=1S/C25H25N3O3/c1-13-10-15(14(2)27(13)16-4-6-17(31-3)7-5-16)12-26-28-24(29)22-18-8-9-19(21-11-20(18)21)23(22)25(28)30/h4-10,12,18-23H,11H2,1-3H3/b26-12-/t18-,19-,20-,21+,22+,23+/m0/s1. The van der Waals surface area contributed by atoms with E-state index in [1.165, 1.54) is 0 Å². The van der Waals surface area contributed by atoms with E-state index >= 15 is 0 Å². The number of ether oxygens (including phenoxy) is 1. The lowest BCUT2D eigenvalue weighted by Gasteiger charge is -2.37. The Bertz CT molecular complexity index is 1120. The first kappa shape index (κ1) is 18.6. The van der Waals surface area contributed by atoms with Crippen LogP contribution in [0.1, 0.15) is 23.4 Å². The molecule has 3 fully saturated rings. The topological polar surface area (TPSA) is 63.9 Å². The molecule has 4 aliphatic carbocycles. The SMILES string of the molecule is COc1ccc(-n2c(C)cc(/C=N\N3C(=O)[C@@H]4[C@H]5C=C[C@@H]([C@@H]6C[C@H]56)[C@H]4C3=O)c2C)cc1. The van der Waals surface area contributed by atoms with Crippen LogP contribution in [0, 0.1) is 49.4 Å². The molecule has 0 radical (unpaired) electrons. The van der Waals surface area contributed by atoms with Gasteiger partial charge in [0.15, 0.2) is 0 Å². The third kappa shape index (κ3) is 2.54. The number of allylic oxidation sites excluding steroid dienone is 2. The minimum Gasteiger partial charge on any atom is -0.497 e. The molecule has 158 valence electrons. The third-order valence-corrected chi connectivity index (χ3v) is 7.75. The number of carbonyl (C=O) groups excluding carboxylic acids is 2. The highest BCUT2D eigenvalue weighted by Crippen LogP contribution is 2.65. The van der Waals surface area contributed by atoms with Crippen LogP contribution in [0.5, 0.6) is 5.75 Å². The fraction of sp³-hybridized carbons (Fsp3) is 0.400. The summed E-state index contributed by atoms with van der Waals surface area (Å²) in [5, 5.41) is 5.55. The van der Waals surface area contributed by atoms with Gasteiger partial charge in [-0.15, -0.1) is 0 Å². The van der Waals surface area contributed by atoms with Crippen molar-refractivity contribution in [2.75, 3.05) is 7.11 Å². The van der Waals surface area contributed by atoms with E-state index in [2.05, 4.69) is 21.8 Å². The molecule has 1 aliphatic heterocycles. The van der Waals surface area contributed by atoms with Crippen molar-refractivity contribution in [3.05, 3.63) is 59.4 Å². The summed E-state index contributed by atoms with van der Waals surface area (Å²) in [4.78, 5) is 26.2. The number of imide groups is 1. The van der Waals surface area contributed by atoms with Crippen LogP contribution in [0.15, 0.2) is 47.6 Å². The number of aromatic nitrogens is 1. The predicted molar refractivity (Wildman–Crippen MR) is 116 cm³/mol. The van der Waals surface area contributed by atoms with Crippen LogP contribution in [0.4, 0.5) is 0 Å². The van der Waals surface area contributed by atoms with Crippen molar-refractivity contribution in [1.82, 2.24) is 9.58 Å². The summed E-state index contributed by atoms with van der Waals surface area (Å²) in [5.74, 6) is 1.76. The minimum atomic E-state index is -0.213. The quantitative estimate of drug-likeness (QED) is 0.436. The van der Waals surface area contributed by atoms with Crippen LogP contribution in [-0.4, -0.2) is 34.7 Å². The molecule has 2 amide bonds. The van der Waals surface area contributed by atoms with Gasteiger partial charge in [-0.25, -0.2) is 0 Å². The maximum Gasteiger partial charge on any atom is 0.254 e. The Kier molecular flexibility index (Phi) is 3.86. The lowest BCUT2D eigenvalue weighted by molar-refractivity contribution is -0.140. The van der Waals surface area contributed by atoms with E-state index in [9.17, 15) is 9.59 Å². The van der Waals surface area contributed by atoms with E-state index in [0.29, 0.717) is 11.8 Å². The first-order valence-electron chi connectivity index (χ1n) is 10.9. The molecule has 0 spiro atoms. The number of methoxy groups -OCH3 is 1. The summed E-state index contributed by atoms with van der Waals surface area (Å²) in [7, 11) is 1.65. The van der Waals surface area contributed by atoms with Crippen molar-refractivity contribution < 1.29 is 14.3 Å². The van der Waals surface area contributed by atoms with Crippen LogP contribution in [-0.2, 0) is 9.59 Å². The van der Waals surface area contributed by atoms with Crippen molar-refractivity contribution in [2.45, 2.75) is 20.3 Å². The average molecular weight is 415 g/mol. The molecule has 0 unspecified atom stereocenters. The van der Waals surface area contributed by atoms with Crippen molar-refractivity contribution in [2.24, 2.45) is 40.6 Å². The molecule has 5 aliphatic rings. The summed E-state index contributed by atoms with van der Waals surface area (Å²) in [6, 6.07) is 9.90. The van der Waals surface area contributed by atoms with Gasteiger partial charge in [0.2, 0.25) is 0 Å². The summed E-state index contributed by atoms with van der Waals surface area (Å²) < 4.78 is 7.38. The number of carbonyl (C=O) groups is 2. The van der Waals surface area contributed by atoms with Gasteiger partial charge in [-0.05, 0) is 74.3 Å². The Balaban J connectivity index is 1.28. The molecule has 6 atom stereocenters. The molecule has 7 rings (SSSR count). The zero-order valence-electron chi connectivity index (χ0n) is 17.9. The van der Waals surface area contributed by atoms with Crippen LogP contribution in [0.25, 0.3) is 5.69 Å². The third-order valence-electron chi connectivity index (χ3n) is 7.75. The molecule has 6 nitrogen and oxygen atoms in total. The Morgan fingerprint density at radius 3 is 2.19 bits per heavy atom. The fourth-order valence-electron chi connectivity index (χ4n) is 6.22. The van der Waals surface area contributed by atoms with E-state index in [-0.39, 0.29) is 35.5 Å². The van der Waals surface area contributed by atoms with Gasteiger partial charge in [0.25, 0.3) is 11.8 Å². The largest absolute Gasteiger partial charge is 0.497 e.